The van der Waals surface area contributed by atoms with Crippen LogP contribution in [0.3, 0.4) is 0 Å². The second-order valence-electron chi connectivity index (χ2n) is 3.97. The molecule has 1 saturated carbocycles. The van der Waals surface area contributed by atoms with Gasteiger partial charge in [0.1, 0.15) is 0 Å². The lowest BCUT2D eigenvalue weighted by molar-refractivity contribution is 0.500. The van der Waals surface area contributed by atoms with Gasteiger partial charge in [-0.3, -0.25) is 8.22 Å². The minimum Gasteiger partial charge on any atom is -0.270 e. The van der Waals surface area contributed by atoms with Gasteiger partial charge in [0.25, 0.3) is 0 Å². The summed E-state index contributed by atoms with van der Waals surface area (Å²) < 4.78 is 27.3. The Morgan fingerprint density at radius 1 is 1.33 bits per heavy atom. The second kappa shape index (κ2) is 3.86. The van der Waals surface area contributed by atoms with Crippen LogP contribution in [0.15, 0.2) is 0 Å². The van der Waals surface area contributed by atoms with Crippen LogP contribution in [-0.4, -0.2) is 8.74 Å². The maximum absolute atomic E-state index is 13.7. The standard InChI is InChI=1S/C9H18F2Si/c1-3-8(2)12(10,11)9-6-4-5-7-9/h8-9H,3-7H2,1-2H3. The highest BCUT2D eigenvalue weighted by Crippen LogP contribution is 2.46. The van der Waals surface area contributed by atoms with E-state index in [1.165, 1.54) is 0 Å². The molecule has 0 aromatic carbocycles. The quantitative estimate of drug-likeness (QED) is 0.466. The van der Waals surface area contributed by atoms with Gasteiger partial charge in [-0.1, -0.05) is 33.1 Å². The number of rotatable bonds is 3. The molecule has 0 aliphatic heterocycles. The lowest BCUT2D eigenvalue weighted by atomic mass is 10.3. The first kappa shape index (κ1) is 10.2. The van der Waals surface area contributed by atoms with E-state index in [0.29, 0.717) is 6.42 Å². The molecule has 3 heteroatoms. The van der Waals surface area contributed by atoms with E-state index in [2.05, 4.69) is 0 Å². The van der Waals surface area contributed by atoms with Gasteiger partial charge in [-0.25, -0.2) is 0 Å². The molecule has 12 heavy (non-hydrogen) atoms. The van der Waals surface area contributed by atoms with Crippen molar-refractivity contribution in [3.05, 3.63) is 0 Å². The summed E-state index contributed by atoms with van der Waals surface area (Å²) in [6.07, 6.45) is 4.30. The molecular weight excluding hydrogens is 174 g/mol. The topological polar surface area (TPSA) is 0 Å². The average Bonchev–Trinajstić information content (AvgIpc) is 2.55. The Morgan fingerprint density at radius 3 is 2.25 bits per heavy atom. The molecule has 0 saturated heterocycles. The van der Waals surface area contributed by atoms with Gasteiger partial charge >= 0.3 is 8.74 Å². The van der Waals surface area contributed by atoms with Crippen molar-refractivity contribution in [3.8, 4) is 0 Å². The Kier molecular flexibility index (Phi) is 3.27. The van der Waals surface area contributed by atoms with Gasteiger partial charge in [-0.05, 0) is 12.8 Å². The number of halogens is 2. The van der Waals surface area contributed by atoms with Crippen LogP contribution in [-0.2, 0) is 0 Å². The molecule has 1 unspecified atom stereocenters. The first-order valence-corrected chi connectivity index (χ1v) is 6.88. The smallest absolute Gasteiger partial charge is 0.270 e. The SMILES string of the molecule is CCC(C)[Si](F)(F)C1CCCC1. The Balaban J connectivity index is 2.56. The third kappa shape index (κ3) is 1.87. The summed E-state index contributed by atoms with van der Waals surface area (Å²) >= 11 is 0. The van der Waals surface area contributed by atoms with Crippen molar-refractivity contribution in [1.82, 2.24) is 0 Å². The second-order valence-corrected chi connectivity index (χ2v) is 7.12. The zero-order chi connectivity index (χ0) is 9.19. The van der Waals surface area contributed by atoms with Crippen molar-refractivity contribution in [2.45, 2.75) is 57.0 Å². The predicted octanol–water partition coefficient (Wildman–Crippen LogP) is 4.11. The summed E-state index contributed by atoms with van der Waals surface area (Å²) in [5.41, 5.74) is -0.493. The summed E-state index contributed by atoms with van der Waals surface area (Å²) in [6, 6.07) is 0. The largest absolute Gasteiger partial charge is 0.430 e. The van der Waals surface area contributed by atoms with Crippen molar-refractivity contribution in [1.29, 1.82) is 0 Å². The monoisotopic (exact) mass is 192 g/mol. The summed E-state index contributed by atoms with van der Waals surface area (Å²) in [5.74, 6) is 0. The Morgan fingerprint density at radius 2 is 1.83 bits per heavy atom. The van der Waals surface area contributed by atoms with Gasteiger partial charge in [0.2, 0.25) is 0 Å². The summed E-state index contributed by atoms with van der Waals surface area (Å²) in [4.78, 5) is 0. The molecule has 0 aromatic rings. The van der Waals surface area contributed by atoms with Gasteiger partial charge in [0, 0.05) is 11.1 Å². The molecule has 1 aliphatic carbocycles. The third-order valence-electron chi connectivity index (χ3n) is 3.17. The molecule has 0 radical (unpaired) electrons. The van der Waals surface area contributed by atoms with Crippen LogP contribution in [0.1, 0.15) is 46.0 Å². The fourth-order valence-electron chi connectivity index (χ4n) is 1.99. The van der Waals surface area contributed by atoms with E-state index >= 15 is 0 Å². The Bertz CT molecular complexity index is 141. The van der Waals surface area contributed by atoms with E-state index < -0.39 is 8.74 Å². The van der Waals surface area contributed by atoms with Crippen LogP contribution in [0.2, 0.25) is 11.1 Å². The van der Waals surface area contributed by atoms with Gasteiger partial charge in [0.05, 0.1) is 0 Å². The van der Waals surface area contributed by atoms with Crippen LogP contribution in [0.25, 0.3) is 0 Å². The van der Waals surface area contributed by atoms with Crippen LogP contribution in [0.5, 0.6) is 0 Å². The van der Waals surface area contributed by atoms with Crippen LogP contribution in [0, 0.1) is 0 Å². The van der Waals surface area contributed by atoms with Gasteiger partial charge < -0.3 is 0 Å². The highest BCUT2D eigenvalue weighted by molar-refractivity contribution is 6.69. The minimum atomic E-state index is -3.87. The first-order chi connectivity index (χ1) is 5.59. The van der Waals surface area contributed by atoms with Crippen molar-refractivity contribution in [3.63, 3.8) is 0 Å². The molecule has 0 aromatic heterocycles. The molecule has 1 rings (SSSR count). The van der Waals surface area contributed by atoms with Crippen LogP contribution >= 0.6 is 0 Å². The summed E-state index contributed by atoms with van der Waals surface area (Å²) in [6.45, 7) is 3.60. The lowest BCUT2D eigenvalue weighted by Crippen LogP contribution is -2.33. The zero-order valence-electron chi connectivity index (χ0n) is 7.95. The summed E-state index contributed by atoms with van der Waals surface area (Å²) in [5, 5.41) is 0. The molecule has 1 fully saturated rings. The fraction of sp³-hybridized carbons (Fsp3) is 1.00. The maximum atomic E-state index is 13.7. The third-order valence-corrected chi connectivity index (χ3v) is 6.56. The molecule has 0 spiro atoms. The van der Waals surface area contributed by atoms with Gasteiger partial charge in [-0.2, -0.15) is 0 Å². The predicted molar refractivity (Wildman–Crippen MR) is 49.9 cm³/mol. The Hall–Kier alpha value is 0.0769. The highest BCUT2D eigenvalue weighted by Gasteiger charge is 2.49. The van der Waals surface area contributed by atoms with E-state index in [4.69, 9.17) is 0 Å². The van der Waals surface area contributed by atoms with Gasteiger partial charge in [-0.15, -0.1) is 0 Å². The molecule has 1 aliphatic rings. The van der Waals surface area contributed by atoms with E-state index in [-0.39, 0.29) is 11.1 Å². The molecular formula is C9H18F2Si. The molecule has 0 N–H and O–H groups in total. The van der Waals surface area contributed by atoms with Crippen molar-refractivity contribution in [2.75, 3.05) is 0 Å². The van der Waals surface area contributed by atoms with Gasteiger partial charge in [0.15, 0.2) is 0 Å². The first-order valence-electron chi connectivity index (χ1n) is 4.96. The Labute approximate surface area is 74.7 Å². The normalized spacial score (nSPS) is 23.0. The van der Waals surface area contributed by atoms with Crippen LogP contribution in [0.4, 0.5) is 8.22 Å². The number of hydrogen-bond acceptors (Lipinski definition) is 0. The fourth-order valence-corrected chi connectivity index (χ4v) is 4.51. The van der Waals surface area contributed by atoms with Crippen molar-refractivity contribution < 1.29 is 8.22 Å². The van der Waals surface area contributed by atoms with Crippen LogP contribution < -0.4 is 0 Å². The highest BCUT2D eigenvalue weighted by atomic mass is 28.4. The van der Waals surface area contributed by atoms with E-state index in [1.54, 1.807) is 6.92 Å². The maximum Gasteiger partial charge on any atom is 0.430 e. The van der Waals surface area contributed by atoms with E-state index in [9.17, 15) is 8.22 Å². The van der Waals surface area contributed by atoms with Crippen molar-refractivity contribution >= 4 is 8.74 Å². The molecule has 0 nitrogen and oxygen atoms in total. The van der Waals surface area contributed by atoms with Crippen molar-refractivity contribution in [2.24, 2.45) is 0 Å². The molecule has 1 atom stereocenters. The number of hydrogen-bond donors (Lipinski definition) is 0. The summed E-state index contributed by atoms with van der Waals surface area (Å²) in [7, 11) is -3.87. The molecule has 0 amide bonds. The zero-order valence-corrected chi connectivity index (χ0v) is 8.95. The van der Waals surface area contributed by atoms with E-state index in [0.717, 1.165) is 25.7 Å². The minimum absolute atomic E-state index is 0.188. The average molecular weight is 192 g/mol. The molecule has 72 valence electrons. The lowest BCUT2D eigenvalue weighted by Gasteiger charge is -2.24. The molecule has 0 bridgehead atoms. The molecule has 0 heterocycles. The van der Waals surface area contributed by atoms with E-state index in [1.807, 2.05) is 6.92 Å².